The largest absolute Gasteiger partial charge is 0.316 e. The first kappa shape index (κ1) is 15.1. The van der Waals surface area contributed by atoms with E-state index in [1.807, 2.05) is 6.92 Å². The van der Waals surface area contributed by atoms with E-state index in [2.05, 4.69) is 25.2 Å². The van der Waals surface area contributed by atoms with Crippen LogP contribution in [-0.2, 0) is 16.4 Å². The SMILES string of the molecule is CCNCC(C)S(=O)(=O)NCCCc1ncn[nH]1. The highest BCUT2D eigenvalue weighted by Crippen LogP contribution is 1.98. The molecule has 0 spiro atoms. The molecule has 0 saturated heterocycles. The summed E-state index contributed by atoms with van der Waals surface area (Å²) in [6, 6.07) is 0. The topological polar surface area (TPSA) is 99.8 Å². The number of sulfonamides is 1. The van der Waals surface area contributed by atoms with E-state index >= 15 is 0 Å². The van der Waals surface area contributed by atoms with Gasteiger partial charge in [0.05, 0.1) is 5.25 Å². The predicted octanol–water partition coefficient (Wildman–Crippen LogP) is -0.345. The van der Waals surface area contributed by atoms with Crippen LogP contribution >= 0.6 is 0 Å². The number of rotatable bonds is 9. The van der Waals surface area contributed by atoms with Crippen molar-refractivity contribution in [1.29, 1.82) is 0 Å². The van der Waals surface area contributed by atoms with E-state index in [-0.39, 0.29) is 0 Å². The van der Waals surface area contributed by atoms with Gasteiger partial charge in [-0.15, -0.1) is 0 Å². The maximum absolute atomic E-state index is 11.8. The normalized spacial score (nSPS) is 13.7. The Labute approximate surface area is 108 Å². The molecule has 1 aromatic rings. The highest BCUT2D eigenvalue weighted by Gasteiger charge is 2.19. The lowest BCUT2D eigenvalue weighted by atomic mass is 10.3. The van der Waals surface area contributed by atoms with E-state index in [0.717, 1.165) is 12.4 Å². The third kappa shape index (κ3) is 5.11. The van der Waals surface area contributed by atoms with Gasteiger partial charge in [0.15, 0.2) is 0 Å². The third-order valence-electron chi connectivity index (χ3n) is 2.57. The summed E-state index contributed by atoms with van der Waals surface area (Å²) < 4.78 is 26.2. The molecule has 1 aromatic heterocycles. The van der Waals surface area contributed by atoms with E-state index < -0.39 is 15.3 Å². The standard InChI is InChI=1S/C10H21N5O2S/c1-3-11-7-9(2)18(16,17)14-6-4-5-10-12-8-13-15-10/h8-9,11,14H,3-7H2,1-2H3,(H,12,13,15). The summed E-state index contributed by atoms with van der Waals surface area (Å²) in [5.74, 6) is 0.773. The van der Waals surface area contributed by atoms with Crippen LogP contribution in [0.3, 0.4) is 0 Å². The number of nitrogens with zero attached hydrogens (tertiary/aromatic N) is 2. The van der Waals surface area contributed by atoms with Gasteiger partial charge >= 0.3 is 0 Å². The van der Waals surface area contributed by atoms with Gasteiger partial charge in [-0.2, -0.15) is 5.10 Å². The molecule has 0 saturated carbocycles. The highest BCUT2D eigenvalue weighted by atomic mass is 32.2. The minimum Gasteiger partial charge on any atom is -0.316 e. The number of aromatic nitrogens is 3. The van der Waals surface area contributed by atoms with Gasteiger partial charge in [-0.05, 0) is 19.9 Å². The van der Waals surface area contributed by atoms with Gasteiger partial charge in [0.25, 0.3) is 0 Å². The van der Waals surface area contributed by atoms with Crippen molar-refractivity contribution in [3.63, 3.8) is 0 Å². The van der Waals surface area contributed by atoms with Crippen LogP contribution < -0.4 is 10.0 Å². The molecule has 18 heavy (non-hydrogen) atoms. The number of H-pyrrole nitrogens is 1. The number of aryl methyl sites for hydroxylation is 1. The minimum absolute atomic E-state index is 0.416. The van der Waals surface area contributed by atoms with Crippen LogP contribution in [0.15, 0.2) is 6.33 Å². The van der Waals surface area contributed by atoms with Crippen LogP contribution in [-0.4, -0.2) is 48.5 Å². The number of aromatic amines is 1. The molecule has 0 bridgehead atoms. The lowest BCUT2D eigenvalue weighted by Crippen LogP contribution is -2.39. The first-order valence-corrected chi connectivity index (χ1v) is 7.64. The molecule has 3 N–H and O–H groups in total. The average Bonchev–Trinajstić information content (AvgIpc) is 2.84. The summed E-state index contributed by atoms with van der Waals surface area (Å²) >= 11 is 0. The van der Waals surface area contributed by atoms with Gasteiger partial charge < -0.3 is 5.32 Å². The van der Waals surface area contributed by atoms with Crippen LogP contribution in [0.25, 0.3) is 0 Å². The maximum atomic E-state index is 11.8. The summed E-state index contributed by atoms with van der Waals surface area (Å²) in [7, 11) is -3.23. The van der Waals surface area contributed by atoms with Crippen LogP contribution in [0.2, 0.25) is 0 Å². The van der Waals surface area contributed by atoms with E-state index in [9.17, 15) is 8.42 Å². The molecule has 0 aromatic carbocycles. The molecule has 104 valence electrons. The molecule has 0 fully saturated rings. The Balaban J connectivity index is 2.24. The molecule has 1 atom stereocenters. The van der Waals surface area contributed by atoms with E-state index in [1.54, 1.807) is 6.92 Å². The van der Waals surface area contributed by atoms with Gasteiger partial charge in [-0.1, -0.05) is 6.92 Å². The van der Waals surface area contributed by atoms with Crippen molar-refractivity contribution >= 4 is 10.0 Å². The van der Waals surface area contributed by atoms with Gasteiger partial charge in [0.2, 0.25) is 10.0 Å². The summed E-state index contributed by atoms with van der Waals surface area (Å²) in [6.07, 6.45) is 2.82. The van der Waals surface area contributed by atoms with Crippen LogP contribution in [0.5, 0.6) is 0 Å². The predicted molar refractivity (Wildman–Crippen MR) is 69.6 cm³/mol. The van der Waals surface area contributed by atoms with Crippen molar-refractivity contribution in [1.82, 2.24) is 25.2 Å². The van der Waals surface area contributed by atoms with Crippen molar-refractivity contribution in [2.45, 2.75) is 31.9 Å². The fourth-order valence-electron chi connectivity index (χ4n) is 1.42. The number of hydrogen-bond donors (Lipinski definition) is 3. The number of nitrogens with one attached hydrogen (secondary N) is 3. The monoisotopic (exact) mass is 275 g/mol. The molecule has 8 heteroatoms. The van der Waals surface area contributed by atoms with Gasteiger partial charge in [0.1, 0.15) is 12.2 Å². The molecular weight excluding hydrogens is 254 g/mol. The van der Waals surface area contributed by atoms with E-state index in [0.29, 0.717) is 25.9 Å². The Hall–Kier alpha value is -0.990. The first-order chi connectivity index (χ1) is 8.56. The Kier molecular flexibility index (Phi) is 6.23. The molecule has 7 nitrogen and oxygen atoms in total. The molecule has 1 heterocycles. The second-order valence-corrected chi connectivity index (χ2v) is 6.28. The highest BCUT2D eigenvalue weighted by molar-refractivity contribution is 7.90. The van der Waals surface area contributed by atoms with Crippen molar-refractivity contribution in [3.8, 4) is 0 Å². The molecular formula is C10H21N5O2S. The molecule has 0 radical (unpaired) electrons. The zero-order chi connectivity index (χ0) is 13.4. The second kappa shape index (κ2) is 7.45. The molecule has 1 unspecified atom stereocenters. The Morgan fingerprint density at radius 2 is 2.28 bits per heavy atom. The van der Waals surface area contributed by atoms with Crippen LogP contribution in [0, 0.1) is 0 Å². The molecule has 0 aliphatic heterocycles. The maximum Gasteiger partial charge on any atom is 0.215 e. The summed E-state index contributed by atoms with van der Waals surface area (Å²) in [5.41, 5.74) is 0. The fraction of sp³-hybridized carbons (Fsp3) is 0.800. The van der Waals surface area contributed by atoms with Crippen LogP contribution in [0.4, 0.5) is 0 Å². The quantitative estimate of drug-likeness (QED) is 0.535. The van der Waals surface area contributed by atoms with Gasteiger partial charge in [0, 0.05) is 19.5 Å². The fourth-order valence-corrected chi connectivity index (χ4v) is 2.47. The lowest BCUT2D eigenvalue weighted by molar-refractivity contribution is 0.557. The van der Waals surface area contributed by atoms with Crippen molar-refractivity contribution in [3.05, 3.63) is 12.2 Å². The molecule has 0 amide bonds. The lowest BCUT2D eigenvalue weighted by Gasteiger charge is -2.13. The Morgan fingerprint density at radius 1 is 1.50 bits per heavy atom. The third-order valence-corrected chi connectivity index (χ3v) is 4.40. The zero-order valence-corrected chi connectivity index (χ0v) is 11.6. The summed E-state index contributed by atoms with van der Waals surface area (Å²) in [4.78, 5) is 3.97. The average molecular weight is 275 g/mol. The molecule has 0 aliphatic carbocycles. The molecule has 0 aliphatic rings. The smallest absolute Gasteiger partial charge is 0.215 e. The first-order valence-electron chi connectivity index (χ1n) is 6.09. The van der Waals surface area contributed by atoms with E-state index in [4.69, 9.17) is 0 Å². The molecule has 1 rings (SSSR count). The summed E-state index contributed by atoms with van der Waals surface area (Å²) in [5, 5.41) is 9.06. The van der Waals surface area contributed by atoms with Crippen molar-refractivity contribution < 1.29 is 8.42 Å². The Morgan fingerprint density at radius 3 is 2.89 bits per heavy atom. The van der Waals surface area contributed by atoms with Gasteiger partial charge in [-0.3, -0.25) is 5.10 Å². The van der Waals surface area contributed by atoms with Crippen molar-refractivity contribution in [2.75, 3.05) is 19.6 Å². The Bertz CT molecular complexity index is 417. The second-order valence-electron chi connectivity index (χ2n) is 4.09. The van der Waals surface area contributed by atoms with Crippen molar-refractivity contribution in [2.24, 2.45) is 0 Å². The zero-order valence-electron chi connectivity index (χ0n) is 10.8. The summed E-state index contributed by atoms with van der Waals surface area (Å²) in [6.45, 7) is 5.30. The van der Waals surface area contributed by atoms with Gasteiger partial charge in [-0.25, -0.2) is 18.1 Å². The minimum atomic E-state index is -3.23. The van der Waals surface area contributed by atoms with E-state index in [1.165, 1.54) is 6.33 Å². The van der Waals surface area contributed by atoms with Crippen LogP contribution in [0.1, 0.15) is 26.1 Å². The number of hydrogen-bond acceptors (Lipinski definition) is 5.